The lowest BCUT2D eigenvalue weighted by Crippen LogP contribution is -2.13. The summed E-state index contributed by atoms with van der Waals surface area (Å²) in [7, 11) is 0. The molecule has 0 saturated heterocycles. The van der Waals surface area contributed by atoms with E-state index in [1.54, 1.807) is 24.3 Å². The van der Waals surface area contributed by atoms with Crippen LogP contribution in [0, 0.1) is 5.92 Å². The molecular formula is C22H26N2O3. The average Bonchev–Trinajstić information content (AvgIpc) is 2.61. The number of rotatable bonds is 8. The lowest BCUT2D eigenvalue weighted by atomic mass is 9.99. The Morgan fingerprint density at radius 3 is 1.89 bits per heavy atom. The summed E-state index contributed by atoms with van der Waals surface area (Å²) < 4.78 is 0. The molecule has 0 aromatic heterocycles. The molecule has 5 heteroatoms. The van der Waals surface area contributed by atoms with Crippen molar-refractivity contribution in [2.24, 2.45) is 5.92 Å². The molecule has 0 bridgehead atoms. The lowest BCUT2D eigenvalue weighted by molar-refractivity contribution is -0.116. The first-order valence-electron chi connectivity index (χ1n) is 9.13. The van der Waals surface area contributed by atoms with E-state index in [4.69, 9.17) is 0 Å². The average molecular weight is 366 g/mol. The minimum atomic E-state index is -0.216. The minimum Gasteiger partial charge on any atom is -0.326 e. The van der Waals surface area contributed by atoms with Gasteiger partial charge in [-0.05, 0) is 42.2 Å². The SMILES string of the molecule is CC(=O)Nc1ccc(NC(=O)CCC(=O)c2ccc(CC(C)C)cc2)cc1. The second-order valence-corrected chi connectivity index (χ2v) is 7.02. The summed E-state index contributed by atoms with van der Waals surface area (Å²) in [6, 6.07) is 14.4. The zero-order valence-corrected chi connectivity index (χ0v) is 16.0. The number of benzene rings is 2. The highest BCUT2D eigenvalue weighted by Crippen LogP contribution is 2.15. The number of Topliss-reactive ketones (excluding diaryl/α,β-unsaturated/α-hetero) is 1. The topological polar surface area (TPSA) is 75.3 Å². The van der Waals surface area contributed by atoms with Gasteiger partial charge in [0.2, 0.25) is 11.8 Å². The zero-order chi connectivity index (χ0) is 19.8. The first-order valence-corrected chi connectivity index (χ1v) is 9.13. The van der Waals surface area contributed by atoms with Crippen LogP contribution in [0.25, 0.3) is 0 Å². The maximum Gasteiger partial charge on any atom is 0.224 e. The third-order valence-corrected chi connectivity index (χ3v) is 3.99. The van der Waals surface area contributed by atoms with Crippen LogP contribution in [0.4, 0.5) is 11.4 Å². The van der Waals surface area contributed by atoms with Crippen molar-refractivity contribution in [1.29, 1.82) is 0 Å². The summed E-state index contributed by atoms with van der Waals surface area (Å²) in [5.74, 6) is 0.166. The van der Waals surface area contributed by atoms with Gasteiger partial charge >= 0.3 is 0 Å². The summed E-state index contributed by atoms with van der Waals surface area (Å²) >= 11 is 0. The van der Waals surface area contributed by atoms with Gasteiger partial charge in [-0.25, -0.2) is 0 Å². The van der Waals surface area contributed by atoms with E-state index in [9.17, 15) is 14.4 Å². The minimum absolute atomic E-state index is 0.0396. The number of hydrogen-bond acceptors (Lipinski definition) is 3. The number of carbonyl (C=O) groups excluding carboxylic acids is 3. The van der Waals surface area contributed by atoms with E-state index in [1.165, 1.54) is 12.5 Å². The van der Waals surface area contributed by atoms with E-state index in [0.717, 1.165) is 6.42 Å². The van der Waals surface area contributed by atoms with Crippen LogP contribution < -0.4 is 10.6 Å². The molecule has 5 nitrogen and oxygen atoms in total. The van der Waals surface area contributed by atoms with Crippen molar-refractivity contribution >= 4 is 29.0 Å². The highest BCUT2D eigenvalue weighted by atomic mass is 16.2. The highest BCUT2D eigenvalue weighted by Gasteiger charge is 2.10. The molecule has 0 atom stereocenters. The van der Waals surface area contributed by atoms with Gasteiger partial charge in [-0.2, -0.15) is 0 Å². The number of carbonyl (C=O) groups is 3. The van der Waals surface area contributed by atoms with E-state index < -0.39 is 0 Å². The molecule has 2 aromatic rings. The van der Waals surface area contributed by atoms with Crippen molar-refractivity contribution in [3.05, 3.63) is 59.7 Å². The van der Waals surface area contributed by atoms with Gasteiger partial charge in [-0.1, -0.05) is 38.1 Å². The van der Waals surface area contributed by atoms with Crippen LogP contribution in [0.1, 0.15) is 49.5 Å². The molecule has 0 aliphatic carbocycles. The Morgan fingerprint density at radius 2 is 1.37 bits per heavy atom. The Morgan fingerprint density at radius 1 is 0.815 bits per heavy atom. The molecule has 2 N–H and O–H groups in total. The van der Waals surface area contributed by atoms with Crippen molar-refractivity contribution in [1.82, 2.24) is 0 Å². The Balaban J connectivity index is 1.82. The van der Waals surface area contributed by atoms with E-state index in [-0.39, 0.29) is 30.4 Å². The molecule has 142 valence electrons. The smallest absolute Gasteiger partial charge is 0.224 e. The predicted molar refractivity (Wildman–Crippen MR) is 108 cm³/mol. The van der Waals surface area contributed by atoms with Crippen LogP contribution in [-0.4, -0.2) is 17.6 Å². The standard InChI is InChI=1S/C22H26N2O3/c1-15(2)14-17-4-6-18(7-5-17)21(26)12-13-22(27)24-20-10-8-19(9-11-20)23-16(3)25/h4-11,15H,12-14H2,1-3H3,(H,23,25)(H,24,27). The fourth-order valence-electron chi connectivity index (χ4n) is 2.73. The second-order valence-electron chi connectivity index (χ2n) is 7.02. The van der Waals surface area contributed by atoms with E-state index in [1.807, 2.05) is 24.3 Å². The van der Waals surface area contributed by atoms with Crippen molar-refractivity contribution in [3.63, 3.8) is 0 Å². The van der Waals surface area contributed by atoms with Gasteiger partial charge in [0, 0.05) is 36.7 Å². The number of nitrogens with one attached hydrogen (secondary N) is 2. The Kier molecular flexibility index (Phi) is 7.29. The van der Waals surface area contributed by atoms with Crippen molar-refractivity contribution in [2.45, 2.75) is 40.0 Å². The molecular weight excluding hydrogens is 340 g/mol. The molecule has 2 amide bonds. The molecule has 0 aliphatic heterocycles. The van der Waals surface area contributed by atoms with Crippen molar-refractivity contribution < 1.29 is 14.4 Å². The summed E-state index contributed by atoms with van der Waals surface area (Å²) in [5, 5.41) is 5.42. The fourth-order valence-corrected chi connectivity index (χ4v) is 2.73. The van der Waals surface area contributed by atoms with Gasteiger partial charge < -0.3 is 10.6 Å². The van der Waals surface area contributed by atoms with Gasteiger partial charge in [0.1, 0.15) is 0 Å². The molecule has 2 rings (SSSR count). The molecule has 0 unspecified atom stereocenters. The van der Waals surface area contributed by atoms with Crippen molar-refractivity contribution in [2.75, 3.05) is 10.6 Å². The maximum atomic E-state index is 12.3. The number of hydrogen-bond donors (Lipinski definition) is 2. The van der Waals surface area contributed by atoms with Gasteiger partial charge in [-0.15, -0.1) is 0 Å². The van der Waals surface area contributed by atoms with Crippen LogP contribution in [0.5, 0.6) is 0 Å². The summed E-state index contributed by atoms with van der Waals surface area (Å²) in [5.41, 5.74) is 3.13. The Hall–Kier alpha value is -2.95. The molecule has 0 spiro atoms. The number of amides is 2. The number of ketones is 1. The van der Waals surface area contributed by atoms with Gasteiger partial charge in [0.15, 0.2) is 5.78 Å². The quantitative estimate of drug-likeness (QED) is 0.678. The van der Waals surface area contributed by atoms with E-state index in [0.29, 0.717) is 22.9 Å². The lowest BCUT2D eigenvalue weighted by Gasteiger charge is -2.08. The second kappa shape index (κ2) is 9.67. The Labute approximate surface area is 160 Å². The van der Waals surface area contributed by atoms with Crippen LogP contribution >= 0.6 is 0 Å². The predicted octanol–water partition coefficient (Wildman–Crippen LogP) is 4.45. The molecule has 0 radical (unpaired) electrons. The maximum absolute atomic E-state index is 12.3. The van der Waals surface area contributed by atoms with Crippen LogP contribution in [0.15, 0.2) is 48.5 Å². The van der Waals surface area contributed by atoms with Crippen molar-refractivity contribution in [3.8, 4) is 0 Å². The highest BCUT2D eigenvalue weighted by molar-refractivity contribution is 6.00. The third-order valence-electron chi connectivity index (χ3n) is 3.99. The first-order chi connectivity index (χ1) is 12.8. The monoisotopic (exact) mass is 366 g/mol. The molecule has 0 saturated carbocycles. The summed E-state index contributed by atoms with van der Waals surface area (Å²) in [6.07, 6.45) is 1.27. The van der Waals surface area contributed by atoms with Gasteiger partial charge in [-0.3, -0.25) is 14.4 Å². The third kappa shape index (κ3) is 7.05. The van der Waals surface area contributed by atoms with Crippen LogP contribution in [0.2, 0.25) is 0 Å². The van der Waals surface area contributed by atoms with E-state index in [2.05, 4.69) is 24.5 Å². The molecule has 2 aromatic carbocycles. The molecule has 0 fully saturated rings. The largest absolute Gasteiger partial charge is 0.326 e. The summed E-state index contributed by atoms with van der Waals surface area (Å²) in [6.45, 7) is 5.75. The Bertz CT molecular complexity index is 793. The molecule has 0 heterocycles. The van der Waals surface area contributed by atoms with E-state index >= 15 is 0 Å². The normalized spacial score (nSPS) is 10.5. The van der Waals surface area contributed by atoms with Crippen LogP contribution in [0.3, 0.4) is 0 Å². The zero-order valence-electron chi connectivity index (χ0n) is 16.0. The van der Waals surface area contributed by atoms with Gasteiger partial charge in [0.05, 0.1) is 0 Å². The summed E-state index contributed by atoms with van der Waals surface area (Å²) in [4.78, 5) is 35.3. The fraction of sp³-hybridized carbons (Fsp3) is 0.318. The molecule has 0 aliphatic rings. The van der Waals surface area contributed by atoms with Crippen LogP contribution in [-0.2, 0) is 16.0 Å². The van der Waals surface area contributed by atoms with Gasteiger partial charge in [0.25, 0.3) is 0 Å². The molecule has 27 heavy (non-hydrogen) atoms. The first kappa shape index (κ1) is 20.4. The number of anilines is 2.